The van der Waals surface area contributed by atoms with Crippen LogP contribution in [0.1, 0.15) is 5.56 Å². The maximum atomic E-state index is 12.5. The first kappa shape index (κ1) is 10.5. The molecule has 16 heavy (non-hydrogen) atoms. The summed E-state index contributed by atoms with van der Waals surface area (Å²) >= 11 is 0. The Morgan fingerprint density at radius 2 is 2.00 bits per heavy atom. The highest BCUT2D eigenvalue weighted by Crippen LogP contribution is 2.32. The van der Waals surface area contributed by atoms with E-state index < -0.39 is 11.7 Å². The highest BCUT2D eigenvalue weighted by Gasteiger charge is 2.30. The average Bonchev–Trinajstić information content (AvgIpc) is 2.63. The number of aromatic amines is 1. The molecule has 1 aromatic heterocycles. The van der Waals surface area contributed by atoms with Crippen LogP contribution in [0.25, 0.3) is 11.3 Å². The van der Waals surface area contributed by atoms with E-state index >= 15 is 0 Å². The molecule has 0 aliphatic heterocycles. The lowest BCUT2D eigenvalue weighted by atomic mass is 10.1. The lowest BCUT2D eigenvalue weighted by Gasteiger charge is -2.07. The smallest absolute Gasteiger partial charge is 0.396 e. The monoisotopic (exact) mass is 227 g/mol. The van der Waals surface area contributed by atoms with Crippen LogP contribution < -0.4 is 5.73 Å². The summed E-state index contributed by atoms with van der Waals surface area (Å²) in [4.78, 5) is 0. The SMILES string of the molecule is Nc1cn[nH]c1-c1cccc(C(F)(F)F)c1. The van der Waals surface area contributed by atoms with Gasteiger partial charge in [-0.05, 0) is 12.1 Å². The lowest BCUT2D eigenvalue weighted by Crippen LogP contribution is -2.04. The van der Waals surface area contributed by atoms with Crippen LogP contribution in [0.15, 0.2) is 30.5 Å². The quantitative estimate of drug-likeness (QED) is 0.786. The number of halogens is 3. The standard InChI is InChI=1S/C10H8F3N3/c11-10(12,13)7-3-1-2-6(4-7)9-8(14)5-15-16-9/h1-5H,14H2,(H,15,16). The Kier molecular flexibility index (Phi) is 2.34. The van der Waals surface area contributed by atoms with E-state index in [-0.39, 0.29) is 0 Å². The minimum atomic E-state index is -4.36. The van der Waals surface area contributed by atoms with Crippen LogP contribution in [0.2, 0.25) is 0 Å². The molecule has 0 unspecified atom stereocenters. The molecule has 3 nitrogen and oxygen atoms in total. The third-order valence-corrected chi connectivity index (χ3v) is 2.15. The fourth-order valence-corrected chi connectivity index (χ4v) is 1.38. The van der Waals surface area contributed by atoms with Gasteiger partial charge >= 0.3 is 6.18 Å². The zero-order chi connectivity index (χ0) is 11.8. The summed E-state index contributed by atoms with van der Waals surface area (Å²) in [5, 5.41) is 6.22. The van der Waals surface area contributed by atoms with Gasteiger partial charge < -0.3 is 5.73 Å². The molecular weight excluding hydrogens is 219 g/mol. The van der Waals surface area contributed by atoms with Gasteiger partial charge in [0.05, 0.1) is 23.1 Å². The molecule has 0 saturated carbocycles. The number of rotatable bonds is 1. The molecule has 0 fully saturated rings. The number of H-pyrrole nitrogens is 1. The highest BCUT2D eigenvalue weighted by molar-refractivity contribution is 5.72. The van der Waals surface area contributed by atoms with Gasteiger partial charge in [-0.25, -0.2) is 0 Å². The van der Waals surface area contributed by atoms with Gasteiger partial charge in [-0.15, -0.1) is 0 Å². The van der Waals surface area contributed by atoms with E-state index in [2.05, 4.69) is 10.2 Å². The third kappa shape index (κ3) is 1.86. The number of nitrogens with one attached hydrogen (secondary N) is 1. The van der Waals surface area contributed by atoms with Crippen molar-refractivity contribution in [3.05, 3.63) is 36.0 Å². The molecule has 0 atom stereocenters. The Balaban J connectivity index is 2.49. The molecule has 0 spiro atoms. The summed E-state index contributed by atoms with van der Waals surface area (Å²) in [5.74, 6) is 0. The molecular formula is C10H8F3N3. The Labute approximate surface area is 89.1 Å². The lowest BCUT2D eigenvalue weighted by molar-refractivity contribution is -0.137. The number of nitrogens with two attached hydrogens (primary N) is 1. The fourth-order valence-electron chi connectivity index (χ4n) is 1.38. The largest absolute Gasteiger partial charge is 0.416 e. The summed E-state index contributed by atoms with van der Waals surface area (Å²) in [6.07, 6.45) is -3.00. The van der Waals surface area contributed by atoms with Crippen molar-refractivity contribution in [2.75, 3.05) is 5.73 Å². The number of alkyl halides is 3. The van der Waals surface area contributed by atoms with Crippen molar-refractivity contribution in [2.45, 2.75) is 6.18 Å². The number of hydrogen-bond acceptors (Lipinski definition) is 2. The molecule has 0 amide bonds. The molecule has 2 rings (SSSR count). The van der Waals surface area contributed by atoms with Crippen molar-refractivity contribution in [3.8, 4) is 11.3 Å². The topological polar surface area (TPSA) is 54.7 Å². The van der Waals surface area contributed by atoms with Crippen LogP contribution in [0.4, 0.5) is 18.9 Å². The van der Waals surface area contributed by atoms with Crippen LogP contribution in [-0.4, -0.2) is 10.2 Å². The van der Waals surface area contributed by atoms with Crippen LogP contribution in [0, 0.1) is 0 Å². The maximum absolute atomic E-state index is 12.5. The van der Waals surface area contributed by atoms with Gasteiger partial charge in [0.2, 0.25) is 0 Å². The second-order valence-corrected chi connectivity index (χ2v) is 3.28. The van der Waals surface area contributed by atoms with Gasteiger partial charge in [-0.3, -0.25) is 5.10 Å². The van der Waals surface area contributed by atoms with E-state index in [0.717, 1.165) is 12.1 Å². The van der Waals surface area contributed by atoms with Gasteiger partial charge in [0.15, 0.2) is 0 Å². The minimum Gasteiger partial charge on any atom is -0.396 e. The van der Waals surface area contributed by atoms with Crippen molar-refractivity contribution in [2.24, 2.45) is 0 Å². The molecule has 2 aromatic rings. The van der Waals surface area contributed by atoms with Crippen LogP contribution >= 0.6 is 0 Å². The summed E-state index contributed by atoms with van der Waals surface area (Å²) < 4.78 is 37.4. The van der Waals surface area contributed by atoms with Crippen LogP contribution in [0.3, 0.4) is 0 Å². The van der Waals surface area contributed by atoms with Gasteiger partial charge in [-0.1, -0.05) is 12.1 Å². The van der Waals surface area contributed by atoms with Gasteiger partial charge in [0.1, 0.15) is 0 Å². The van der Waals surface area contributed by atoms with Gasteiger partial charge in [0, 0.05) is 5.56 Å². The van der Waals surface area contributed by atoms with Crippen LogP contribution in [-0.2, 0) is 6.18 Å². The van der Waals surface area contributed by atoms with Crippen LogP contribution in [0.5, 0.6) is 0 Å². The molecule has 0 aliphatic carbocycles. The molecule has 3 N–H and O–H groups in total. The molecule has 84 valence electrons. The van der Waals surface area contributed by atoms with Crippen molar-refractivity contribution in [1.29, 1.82) is 0 Å². The van der Waals surface area contributed by atoms with E-state index in [1.165, 1.54) is 12.3 Å². The normalized spacial score (nSPS) is 11.7. The van der Waals surface area contributed by atoms with E-state index in [0.29, 0.717) is 16.9 Å². The summed E-state index contributed by atoms with van der Waals surface area (Å²) in [5.41, 5.74) is 5.93. The molecule has 0 aliphatic rings. The first-order valence-electron chi connectivity index (χ1n) is 4.45. The second kappa shape index (κ2) is 3.55. The Bertz CT molecular complexity index is 502. The average molecular weight is 227 g/mol. The first-order chi connectivity index (χ1) is 7.48. The number of benzene rings is 1. The van der Waals surface area contributed by atoms with E-state index in [9.17, 15) is 13.2 Å². The number of hydrogen-bond donors (Lipinski definition) is 2. The van der Waals surface area contributed by atoms with E-state index in [1.54, 1.807) is 6.07 Å². The number of aromatic nitrogens is 2. The highest BCUT2D eigenvalue weighted by atomic mass is 19.4. The van der Waals surface area contributed by atoms with E-state index in [1.807, 2.05) is 0 Å². The maximum Gasteiger partial charge on any atom is 0.416 e. The predicted molar refractivity (Wildman–Crippen MR) is 53.4 cm³/mol. The first-order valence-corrected chi connectivity index (χ1v) is 4.45. The summed E-state index contributed by atoms with van der Waals surface area (Å²) in [7, 11) is 0. The Hall–Kier alpha value is -1.98. The Morgan fingerprint density at radius 3 is 2.56 bits per heavy atom. The van der Waals surface area contributed by atoms with Crippen molar-refractivity contribution in [3.63, 3.8) is 0 Å². The molecule has 0 bridgehead atoms. The third-order valence-electron chi connectivity index (χ3n) is 2.15. The number of nitrogens with zero attached hydrogens (tertiary/aromatic N) is 1. The van der Waals surface area contributed by atoms with Crippen molar-refractivity contribution >= 4 is 5.69 Å². The second-order valence-electron chi connectivity index (χ2n) is 3.28. The molecule has 0 saturated heterocycles. The van der Waals surface area contributed by atoms with Crippen molar-refractivity contribution < 1.29 is 13.2 Å². The van der Waals surface area contributed by atoms with Gasteiger partial charge in [0.25, 0.3) is 0 Å². The molecule has 1 heterocycles. The summed E-state index contributed by atoms with van der Waals surface area (Å²) in [6, 6.07) is 4.91. The zero-order valence-electron chi connectivity index (χ0n) is 8.05. The molecule has 1 aromatic carbocycles. The fraction of sp³-hybridized carbons (Fsp3) is 0.100. The number of nitrogen functional groups attached to an aromatic ring is 1. The Morgan fingerprint density at radius 1 is 1.25 bits per heavy atom. The molecule has 6 heteroatoms. The van der Waals surface area contributed by atoms with E-state index in [4.69, 9.17) is 5.73 Å². The number of anilines is 1. The summed E-state index contributed by atoms with van der Waals surface area (Å²) in [6.45, 7) is 0. The predicted octanol–water partition coefficient (Wildman–Crippen LogP) is 2.68. The zero-order valence-corrected chi connectivity index (χ0v) is 8.05. The van der Waals surface area contributed by atoms with Gasteiger partial charge in [-0.2, -0.15) is 18.3 Å². The minimum absolute atomic E-state index is 0.319. The molecule has 0 radical (unpaired) electrons. The van der Waals surface area contributed by atoms with Crippen molar-refractivity contribution in [1.82, 2.24) is 10.2 Å².